The summed E-state index contributed by atoms with van der Waals surface area (Å²) in [5.41, 5.74) is 2.68. The molecular formula is C18H20N4O6. The lowest BCUT2D eigenvalue weighted by Gasteiger charge is -2.10. The van der Waals surface area contributed by atoms with Gasteiger partial charge in [0.1, 0.15) is 5.75 Å². The number of nitro groups is 1. The van der Waals surface area contributed by atoms with E-state index in [0.717, 1.165) is 18.3 Å². The van der Waals surface area contributed by atoms with Gasteiger partial charge in [-0.1, -0.05) is 12.1 Å². The zero-order valence-corrected chi connectivity index (χ0v) is 15.3. The average Bonchev–Trinajstić information content (AvgIpc) is 2.69. The number of amides is 1. The van der Waals surface area contributed by atoms with Crippen LogP contribution in [0.3, 0.4) is 0 Å². The van der Waals surface area contributed by atoms with E-state index in [2.05, 4.69) is 15.8 Å². The first-order valence-electron chi connectivity index (χ1n) is 8.29. The van der Waals surface area contributed by atoms with Crippen LogP contribution in [-0.4, -0.2) is 42.4 Å². The van der Waals surface area contributed by atoms with Crippen molar-refractivity contribution in [3.05, 3.63) is 52.1 Å². The van der Waals surface area contributed by atoms with Crippen LogP contribution in [-0.2, 0) is 4.79 Å². The maximum atomic E-state index is 11.9. The number of hydrazone groups is 1. The fourth-order valence-corrected chi connectivity index (χ4v) is 2.26. The Kier molecular flexibility index (Phi) is 7.14. The molecule has 3 N–H and O–H groups in total. The van der Waals surface area contributed by atoms with Crippen LogP contribution in [0.2, 0.25) is 0 Å². The number of hydrogen-bond acceptors (Lipinski definition) is 8. The minimum Gasteiger partial charge on any atom is -0.504 e. The van der Waals surface area contributed by atoms with Gasteiger partial charge in [0.05, 0.1) is 43.2 Å². The normalized spacial score (nSPS) is 10.5. The van der Waals surface area contributed by atoms with E-state index in [1.165, 1.54) is 7.11 Å². The molecule has 10 heteroatoms. The van der Waals surface area contributed by atoms with Gasteiger partial charge in [-0.25, -0.2) is 5.43 Å². The number of nitro benzene ring substituents is 1. The third kappa shape index (κ3) is 5.34. The molecular weight excluding hydrogens is 368 g/mol. The molecule has 1 amide bonds. The smallest absolute Gasteiger partial charge is 0.274 e. The number of benzene rings is 2. The first kappa shape index (κ1) is 20.5. The largest absolute Gasteiger partial charge is 0.504 e. The molecule has 0 saturated carbocycles. The summed E-state index contributed by atoms with van der Waals surface area (Å²) in [6.07, 6.45) is 1.10. The Labute approximate surface area is 160 Å². The van der Waals surface area contributed by atoms with Crippen molar-refractivity contribution >= 4 is 23.5 Å². The van der Waals surface area contributed by atoms with E-state index in [0.29, 0.717) is 11.4 Å². The third-order valence-electron chi connectivity index (χ3n) is 3.54. The molecule has 0 spiro atoms. The van der Waals surface area contributed by atoms with Crippen molar-refractivity contribution in [3.8, 4) is 17.2 Å². The lowest BCUT2D eigenvalue weighted by Crippen LogP contribution is -2.26. The number of phenolic OH excluding ortho intramolecular Hbond substituents is 1. The first-order valence-corrected chi connectivity index (χ1v) is 8.29. The Hall–Kier alpha value is -3.82. The SMILES string of the molecule is CCOc1cc([N+](=O)[O-])cc(C=NNC(=O)CNc2ccccc2OC)c1O. The highest BCUT2D eigenvalue weighted by molar-refractivity contribution is 5.88. The Morgan fingerprint density at radius 2 is 2.07 bits per heavy atom. The summed E-state index contributed by atoms with van der Waals surface area (Å²) >= 11 is 0. The predicted octanol–water partition coefficient (Wildman–Crippen LogP) is 2.27. The molecule has 0 bridgehead atoms. The monoisotopic (exact) mass is 388 g/mol. The molecule has 0 atom stereocenters. The molecule has 0 aliphatic carbocycles. The van der Waals surface area contributed by atoms with Gasteiger partial charge in [0.15, 0.2) is 11.5 Å². The van der Waals surface area contributed by atoms with Crippen molar-refractivity contribution in [2.24, 2.45) is 5.10 Å². The van der Waals surface area contributed by atoms with Crippen LogP contribution in [0, 0.1) is 10.1 Å². The first-order chi connectivity index (χ1) is 13.5. The minimum absolute atomic E-state index is 0.0376. The highest BCUT2D eigenvalue weighted by Crippen LogP contribution is 2.33. The summed E-state index contributed by atoms with van der Waals surface area (Å²) in [5, 5.41) is 27.8. The maximum Gasteiger partial charge on any atom is 0.274 e. The van der Waals surface area contributed by atoms with Gasteiger partial charge < -0.3 is 19.9 Å². The van der Waals surface area contributed by atoms with Crippen LogP contribution in [0.15, 0.2) is 41.5 Å². The molecule has 2 aromatic rings. The number of rotatable bonds is 9. The second-order valence-corrected chi connectivity index (χ2v) is 5.42. The number of anilines is 1. The van der Waals surface area contributed by atoms with Crippen LogP contribution in [0.5, 0.6) is 17.2 Å². The van der Waals surface area contributed by atoms with Gasteiger partial charge in [-0.3, -0.25) is 14.9 Å². The highest BCUT2D eigenvalue weighted by atomic mass is 16.6. The van der Waals surface area contributed by atoms with Gasteiger partial charge in [0, 0.05) is 11.6 Å². The van der Waals surface area contributed by atoms with Crippen molar-refractivity contribution in [1.82, 2.24) is 5.43 Å². The number of para-hydroxylation sites is 2. The van der Waals surface area contributed by atoms with E-state index in [-0.39, 0.29) is 35.9 Å². The van der Waals surface area contributed by atoms with Crippen LogP contribution < -0.4 is 20.2 Å². The van der Waals surface area contributed by atoms with Crippen LogP contribution >= 0.6 is 0 Å². The van der Waals surface area contributed by atoms with Crippen LogP contribution in [0.4, 0.5) is 11.4 Å². The molecule has 0 heterocycles. The summed E-state index contributed by atoms with van der Waals surface area (Å²) < 4.78 is 10.4. The molecule has 0 aliphatic heterocycles. The molecule has 2 aromatic carbocycles. The van der Waals surface area contributed by atoms with Crippen molar-refractivity contribution in [2.75, 3.05) is 25.6 Å². The molecule has 0 aliphatic rings. The van der Waals surface area contributed by atoms with Crippen molar-refractivity contribution in [1.29, 1.82) is 0 Å². The number of aromatic hydroxyl groups is 1. The zero-order chi connectivity index (χ0) is 20.5. The van der Waals surface area contributed by atoms with Gasteiger partial charge >= 0.3 is 0 Å². The Morgan fingerprint density at radius 3 is 2.75 bits per heavy atom. The van der Waals surface area contributed by atoms with Gasteiger partial charge in [-0.05, 0) is 19.1 Å². The second-order valence-electron chi connectivity index (χ2n) is 5.42. The molecule has 0 saturated heterocycles. The third-order valence-corrected chi connectivity index (χ3v) is 3.54. The van der Waals surface area contributed by atoms with E-state index >= 15 is 0 Å². The van der Waals surface area contributed by atoms with E-state index in [1.54, 1.807) is 31.2 Å². The fraction of sp³-hybridized carbons (Fsp3) is 0.222. The Bertz CT molecular complexity index is 884. The second kappa shape index (κ2) is 9.76. The van der Waals surface area contributed by atoms with Gasteiger partial charge in [0.2, 0.25) is 0 Å². The molecule has 0 aromatic heterocycles. The van der Waals surface area contributed by atoms with E-state index in [4.69, 9.17) is 9.47 Å². The standard InChI is InChI=1S/C18H20N4O6/c1-3-28-16-9-13(22(25)26)8-12(18(16)24)10-20-21-17(23)11-19-14-6-4-5-7-15(14)27-2/h4-10,19,24H,3,11H2,1-2H3,(H,21,23). The van der Waals surface area contributed by atoms with E-state index in [9.17, 15) is 20.0 Å². The number of non-ortho nitro benzene ring substituents is 1. The number of hydrogen-bond donors (Lipinski definition) is 3. The minimum atomic E-state index is -0.616. The van der Waals surface area contributed by atoms with Gasteiger partial charge in [-0.2, -0.15) is 5.10 Å². The maximum absolute atomic E-state index is 11.9. The summed E-state index contributed by atoms with van der Waals surface area (Å²) in [6.45, 7) is 1.82. The molecule has 0 radical (unpaired) electrons. The molecule has 148 valence electrons. The lowest BCUT2D eigenvalue weighted by molar-refractivity contribution is -0.385. The average molecular weight is 388 g/mol. The summed E-state index contributed by atoms with van der Waals surface area (Å²) in [4.78, 5) is 22.3. The number of methoxy groups -OCH3 is 1. The van der Waals surface area contributed by atoms with Crippen molar-refractivity contribution < 1.29 is 24.3 Å². The van der Waals surface area contributed by atoms with E-state index < -0.39 is 10.8 Å². The summed E-state index contributed by atoms with van der Waals surface area (Å²) in [7, 11) is 1.52. The van der Waals surface area contributed by atoms with Crippen LogP contribution in [0.25, 0.3) is 0 Å². The topological polar surface area (TPSA) is 135 Å². The highest BCUT2D eigenvalue weighted by Gasteiger charge is 2.16. The number of ether oxygens (including phenoxy) is 2. The number of nitrogens with one attached hydrogen (secondary N) is 2. The molecule has 28 heavy (non-hydrogen) atoms. The molecule has 10 nitrogen and oxygen atoms in total. The number of carbonyl (C=O) groups excluding carboxylic acids is 1. The van der Waals surface area contributed by atoms with Crippen molar-refractivity contribution in [3.63, 3.8) is 0 Å². The van der Waals surface area contributed by atoms with E-state index in [1.807, 2.05) is 0 Å². The van der Waals surface area contributed by atoms with Crippen molar-refractivity contribution in [2.45, 2.75) is 6.92 Å². The number of phenols is 1. The Morgan fingerprint density at radius 1 is 1.32 bits per heavy atom. The predicted molar refractivity (Wildman–Crippen MR) is 103 cm³/mol. The molecule has 0 fully saturated rings. The summed E-state index contributed by atoms with van der Waals surface area (Å²) in [6, 6.07) is 9.34. The molecule has 2 rings (SSSR count). The quantitative estimate of drug-likeness (QED) is 0.341. The number of nitrogens with zero attached hydrogens (tertiary/aromatic N) is 2. The molecule has 0 unspecified atom stereocenters. The van der Waals surface area contributed by atoms with Gasteiger partial charge in [0.25, 0.3) is 11.6 Å². The zero-order valence-electron chi connectivity index (χ0n) is 15.3. The lowest BCUT2D eigenvalue weighted by atomic mass is 10.1. The number of carbonyl (C=O) groups is 1. The van der Waals surface area contributed by atoms with Gasteiger partial charge in [-0.15, -0.1) is 0 Å². The summed E-state index contributed by atoms with van der Waals surface area (Å²) in [5.74, 6) is -0.221. The Balaban J connectivity index is 2.03. The fourth-order valence-electron chi connectivity index (χ4n) is 2.26. The van der Waals surface area contributed by atoms with Crippen LogP contribution in [0.1, 0.15) is 12.5 Å².